The average Bonchev–Trinajstić information content (AvgIpc) is 2.95. The Labute approximate surface area is 120 Å². The number of aromatic nitrogens is 4. The second-order valence-corrected chi connectivity index (χ2v) is 4.37. The molecule has 8 heteroatoms. The van der Waals surface area contributed by atoms with Crippen molar-refractivity contribution in [3.8, 4) is 5.75 Å². The van der Waals surface area contributed by atoms with Crippen molar-refractivity contribution in [2.24, 2.45) is 0 Å². The Morgan fingerprint density at radius 3 is 3.05 bits per heavy atom. The third-order valence-electron chi connectivity index (χ3n) is 3.10. The van der Waals surface area contributed by atoms with Crippen LogP contribution in [0.1, 0.15) is 18.5 Å². The lowest BCUT2D eigenvalue weighted by Gasteiger charge is -2.23. The quantitative estimate of drug-likeness (QED) is 0.866. The maximum absolute atomic E-state index is 11.2. The van der Waals surface area contributed by atoms with Gasteiger partial charge in [-0.15, -0.1) is 0 Å². The van der Waals surface area contributed by atoms with Gasteiger partial charge in [0.1, 0.15) is 17.5 Å². The highest BCUT2D eigenvalue weighted by Gasteiger charge is 2.28. The van der Waals surface area contributed by atoms with Gasteiger partial charge in [0, 0.05) is 5.56 Å². The molecule has 0 unspecified atom stereocenters. The predicted molar refractivity (Wildman–Crippen MR) is 72.9 cm³/mol. The summed E-state index contributed by atoms with van der Waals surface area (Å²) in [7, 11) is 0. The van der Waals surface area contributed by atoms with Gasteiger partial charge in [-0.1, -0.05) is 23.3 Å². The van der Waals surface area contributed by atoms with E-state index in [9.17, 15) is 9.90 Å². The van der Waals surface area contributed by atoms with E-state index in [-0.39, 0.29) is 11.6 Å². The van der Waals surface area contributed by atoms with Gasteiger partial charge in [-0.3, -0.25) is 0 Å². The van der Waals surface area contributed by atoms with Gasteiger partial charge in [0.05, 0.1) is 6.61 Å². The molecule has 8 nitrogen and oxygen atoms in total. The standard InChI is InChI=1S/C13H13N5O3/c1-2-21-11-6-4-3-5-8(11)10-7-9(12(19)20)14-13-15-16-17-18(10)13/h3-7,10H,2H2,1H3,(H,19,20)(H,14,15,17)/t10-/m1/s1. The van der Waals surface area contributed by atoms with Crippen molar-refractivity contribution in [3.05, 3.63) is 41.6 Å². The smallest absolute Gasteiger partial charge is 0.352 e. The molecule has 2 heterocycles. The first-order valence-electron chi connectivity index (χ1n) is 6.42. The van der Waals surface area contributed by atoms with Crippen molar-refractivity contribution in [1.82, 2.24) is 20.2 Å². The first-order valence-corrected chi connectivity index (χ1v) is 6.42. The molecule has 0 aliphatic carbocycles. The number of fused-ring (bicyclic) bond motifs is 1. The maximum Gasteiger partial charge on any atom is 0.352 e. The van der Waals surface area contributed by atoms with Gasteiger partial charge in [0.2, 0.25) is 5.95 Å². The van der Waals surface area contributed by atoms with Gasteiger partial charge >= 0.3 is 5.97 Å². The van der Waals surface area contributed by atoms with Crippen LogP contribution in [-0.2, 0) is 4.79 Å². The van der Waals surface area contributed by atoms with E-state index in [0.29, 0.717) is 12.4 Å². The van der Waals surface area contributed by atoms with Gasteiger partial charge in [-0.05, 0) is 29.5 Å². The van der Waals surface area contributed by atoms with Crippen molar-refractivity contribution in [1.29, 1.82) is 0 Å². The van der Waals surface area contributed by atoms with E-state index in [1.807, 2.05) is 31.2 Å². The zero-order valence-corrected chi connectivity index (χ0v) is 11.2. The molecule has 0 bridgehead atoms. The van der Waals surface area contributed by atoms with Crippen LogP contribution in [0.5, 0.6) is 5.75 Å². The lowest BCUT2D eigenvalue weighted by atomic mass is 10.0. The molecule has 1 aliphatic heterocycles. The summed E-state index contributed by atoms with van der Waals surface area (Å²) in [4.78, 5) is 11.2. The minimum Gasteiger partial charge on any atom is -0.494 e. The number of allylic oxidation sites excluding steroid dienone is 1. The predicted octanol–water partition coefficient (Wildman–Crippen LogP) is 1.06. The summed E-state index contributed by atoms with van der Waals surface area (Å²) >= 11 is 0. The Bertz CT molecular complexity index is 709. The van der Waals surface area contributed by atoms with Crippen LogP contribution >= 0.6 is 0 Å². The van der Waals surface area contributed by atoms with E-state index in [4.69, 9.17) is 4.74 Å². The van der Waals surface area contributed by atoms with Gasteiger partial charge in [-0.2, -0.15) is 4.68 Å². The van der Waals surface area contributed by atoms with E-state index in [1.165, 1.54) is 4.68 Å². The van der Waals surface area contributed by atoms with Crippen LogP contribution < -0.4 is 10.1 Å². The number of para-hydroxylation sites is 1. The summed E-state index contributed by atoms with van der Waals surface area (Å²) in [6.07, 6.45) is 1.56. The molecule has 0 saturated heterocycles. The van der Waals surface area contributed by atoms with E-state index in [0.717, 1.165) is 5.56 Å². The van der Waals surface area contributed by atoms with Crippen molar-refractivity contribution in [2.45, 2.75) is 13.0 Å². The number of nitrogens with zero attached hydrogens (tertiary/aromatic N) is 4. The Kier molecular flexibility index (Phi) is 3.27. The molecule has 2 aromatic rings. The number of carbonyl (C=O) groups is 1. The monoisotopic (exact) mass is 287 g/mol. The molecule has 1 aliphatic rings. The topological polar surface area (TPSA) is 102 Å². The normalized spacial score (nSPS) is 16.6. The molecule has 0 radical (unpaired) electrons. The zero-order chi connectivity index (χ0) is 14.8. The summed E-state index contributed by atoms with van der Waals surface area (Å²) in [6, 6.07) is 6.97. The number of ether oxygens (including phenoxy) is 1. The fourth-order valence-corrected chi connectivity index (χ4v) is 2.21. The fourth-order valence-electron chi connectivity index (χ4n) is 2.21. The highest BCUT2D eigenvalue weighted by molar-refractivity contribution is 5.90. The molecule has 0 fully saturated rings. The molecule has 2 N–H and O–H groups in total. The average molecular weight is 287 g/mol. The number of tetrazole rings is 1. The number of anilines is 1. The molecule has 3 rings (SSSR count). The summed E-state index contributed by atoms with van der Waals surface area (Å²) in [5.74, 6) is -0.108. The number of carboxylic acid groups (broad SMARTS) is 1. The lowest BCUT2D eigenvalue weighted by Crippen LogP contribution is -2.24. The Morgan fingerprint density at radius 1 is 1.48 bits per heavy atom. The number of hydrogen-bond acceptors (Lipinski definition) is 6. The number of carboxylic acids is 1. The first kappa shape index (κ1) is 13.1. The van der Waals surface area contributed by atoms with Crippen LogP contribution in [0.15, 0.2) is 36.0 Å². The summed E-state index contributed by atoms with van der Waals surface area (Å²) in [5.41, 5.74) is 0.835. The van der Waals surface area contributed by atoms with Gasteiger partial charge in [-0.25, -0.2) is 4.79 Å². The summed E-state index contributed by atoms with van der Waals surface area (Å²) < 4.78 is 7.12. The van der Waals surface area contributed by atoms with Crippen LogP contribution in [0.2, 0.25) is 0 Å². The molecular weight excluding hydrogens is 274 g/mol. The van der Waals surface area contributed by atoms with Crippen molar-refractivity contribution < 1.29 is 14.6 Å². The Hall–Kier alpha value is -2.90. The second-order valence-electron chi connectivity index (χ2n) is 4.37. The number of aliphatic carboxylic acids is 1. The van der Waals surface area contributed by atoms with Crippen molar-refractivity contribution in [3.63, 3.8) is 0 Å². The minimum absolute atomic E-state index is 0.0357. The summed E-state index contributed by atoms with van der Waals surface area (Å²) in [6.45, 7) is 2.40. The number of hydrogen-bond donors (Lipinski definition) is 2. The van der Waals surface area contributed by atoms with Crippen molar-refractivity contribution >= 4 is 11.9 Å². The highest BCUT2D eigenvalue weighted by atomic mass is 16.5. The molecule has 1 atom stereocenters. The van der Waals surface area contributed by atoms with Crippen molar-refractivity contribution in [2.75, 3.05) is 11.9 Å². The van der Waals surface area contributed by atoms with E-state index >= 15 is 0 Å². The fraction of sp³-hybridized carbons (Fsp3) is 0.231. The van der Waals surface area contributed by atoms with E-state index in [1.54, 1.807) is 6.08 Å². The minimum atomic E-state index is -1.07. The largest absolute Gasteiger partial charge is 0.494 e. The molecular formula is C13H13N5O3. The van der Waals surface area contributed by atoms with Crippen LogP contribution in [0, 0.1) is 0 Å². The first-order chi connectivity index (χ1) is 10.2. The zero-order valence-electron chi connectivity index (χ0n) is 11.2. The van der Waals surface area contributed by atoms with Gasteiger partial charge < -0.3 is 15.2 Å². The third-order valence-corrected chi connectivity index (χ3v) is 3.10. The third kappa shape index (κ3) is 2.31. The number of rotatable bonds is 4. The molecule has 1 aromatic heterocycles. The lowest BCUT2D eigenvalue weighted by molar-refractivity contribution is -0.132. The molecule has 0 spiro atoms. The van der Waals surface area contributed by atoms with Gasteiger partial charge in [0.15, 0.2) is 0 Å². The van der Waals surface area contributed by atoms with Gasteiger partial charge in [0.25, 0.3) is 0 Å². The molecule has 0 saturated carbocycles. The number of benzene rings is 1. The molecule has 1 aromatic carbocycles. The SMILES string of the molecule is CCOc1ccccc1[C@H]1C=C(C(=O)O)Nc2nnnn21. The molecule has 108 valence electrons. The number of nitrogens with one attached hydrogen (secondary N) is 1. The molecule has 21 heavy (non-hydrogen) atoms. The van der Waals surface area contributed by atoms with Crippen LogP contribution in [-0.4, -0.2) is 37.9 Å². The van der Waals surface area contributed by atoms with Crippen LogP contribution in [0.3, 0.4) is 0 Å². The Balaban J connectivity index is 2.11. The summed E-state index contributed by atoms with van der Waals surface area (Å²) in [5, 5.41) is 23.2. The molecule has 0 amide bonds. The van der Waals surface area contributed by atoms with E-state index in [2.05, 4.69) is 20.8 Å². The second kappa shape index (κ2) is 5.23. The van der Waals surface area contributed by atoms with Crippen LogP contribution in [0.25, 0.3) is 0 Å². The maximum atomic E-state index is 11.2. The van der Waals surface area contributed by atoms with Crippen LogP contribution in [0.4, 0.5) is 5.95 Å². The highest BCUT2D eigenvalue weighted by Crippen LogP contribution is 2.33. The van der Waals surface area contributed by atoms with E-state index < -0.39 is 12.0 Å². The Morgan fingerprint density at radius 2 is 2.29 bits per heavy atom.